The zero-order chi connectivity index (χ0) is 21.6. The van der Waals surface area contributed by atoms with Gasteiger partial charge >= 0.3 is 0 Å². The SMILES string of the molecule is CCCCCCCC1CCC2CC(c3cc(F)c4c(c3)CCC(CCC)C4)CCC2C1. The number of halogens is 1. The van der Waals surface area contributed by atoms with Gasteiger partial charge in [0.15, 0.2) is 0 Å². The molecular weight excluding hydrogens is 379 g/mol. The molecule has 4 rings (SSSR count). The molecule has 1 aromatic rings. The summed E-state index contributed by atoms with van der Waals surface area (Å²) in [7, 11) is 0. The molecule has 1 heteroatoms. The first-order valence-electron chi connectivity index (χ1n) is 14.0. The molecule has 0 N–H and O–H groups in total. The van der Waals surface area contributed by atoms with Gasteiger partial charge in [0.25, 0.3) is 0 Å². The number of aryl methyl sites for hydroxylation is 1. The van der Waals surface area contributed by atoms with Gasteiger partial charge in [0.1, 0.15) is 5.82 Å². The highest BCUT2D eigenvalue weighted by Gasteiger charge is 2.36. The van der Waals surface area contributed by atoms with E-state index in [2.05, 4.69) is 19.9 Å². The standard InChI is InChI=1S/C30H47F/c1-3-5-6-7-8-10-23-11-13-25-19-26(16-15-24(25)17-23)28-20-27-14-12-22(9-4-2)18-29(27)30(31)21-28/h20-26H,3-19H2,1-2H3. The molecule has 5 atom stereocenters. The highest BCUT2D eigenvalue weighted by Crippen LogP contribution is 2.49. The van der Waals surface area contributed by atoms with Crippen molar-refractivity contribution in [2.24, 2.45) is 23.7 Å². The molecule has 2 fully saturated rings. The van der Waals surface area contributed by atoms with Crippen molar-refractivity contribution in [3.63, 3.8) is 0 Å². The Morgan fingerprint density at radius 1 is 0.774 bits per heavy atom. The van der Waals surface area contributed by atoms with E-state index in [4.69, 9.17) is 0 Å². The van der Waals surface area contributed by atoms with Gasteiger partial charge < -0.3 is 0 Å². The Morgan fingerprint density at radius 3 is 2.42 bits per heavy atom. The normalized spacial score (nSPS) is 30.6. The van der Waals surface area contributed by atoms with Crippen LogP contribution in [0.2, 0.25) is 0 Å². The lowest BCUT2D eigenvalue weighted by Gasteiger charge is -2.42. The fourth-order valence-electron chi connectivity index (χ4n) is 7.40. The van der Waals surface area contributed by atoms with Crippen molar-refractivity contribution >= 4 is 0 Å². The lowest BCUT2D eigenvalue weighted by atomic mass is 9.63. The minimum absolute atomic E-state index is 0.113. The van der Waals surface area contributed by atoms with Crippen LogP contribution in [-0.4, -0.2) is 0 Å². The summed E-state index contributed by atoms with van der Waals surface area (Å²) in [5.41, 5.74) is 3.74. The highest BCUT2D eigenvalue weighted by molar-refractivity contribution is 5.37. The summed E-state index contributed by atoms with van der Waals surface area (Å²) < 4.78 is 15.1. The van der Waals surface area contributed by atoms with Crippen LogP contribution in [0.3, 0.4) is 0 Å². The van der Waals surface area contributed by atoms with E-state index in [9.17, 15) is 0 Å². The van der Waals surface area contributed by atoms with Crippen LogP contribution in [0.5, 0.6) is 0 Å². The van der Waals surface area contributed by atoms with Crippen molar-refractivity contribution in [2.75, 3.05) is 0 Å². The maximum absolute atomic E-state index is 15.1. The average Bonchev–Trinajstić information content (AvgIpc) is 2.79. The van der Waals surface area contributed by atoms with Gasteiger partial charge in [-0.2, -0.15) is 0 Å². The van der Waals surface area contributed by atoms with Crippen molar-refractivity contribution < 1.29 is 4.39 Å². The molecule has 0 aliphatic heterocycles. The Hall–Kier alpha value is -0.850. The van der Waals surface area contributed by atoms with Gasteiger partial charge in [0, 0.05) is 0 Å². The minimum atomic E-state index is 0.113. The fourth-order valence-corrected chi connectivity index (χ4v) is 7.40. The van der Waals surface area contributed by atoms with Crippen molar-refractivity contribution in [3.05, 3.63) is 34.6 Å². The summed E-state index contributed by atoms with van der Waals surface area (Å²) in [5, 5.41) is 0. The number of unbranched alkanes of at least 4 members (excludes halogenated alkanes) is 4. The van der Waals surface area contributed by atoms with Gasteiger partial charge in [0.2, 0.25) is 0 Å². The number of rotatable bonds is 9. The Bertz CT molecular complexity index is 692. The lowest BCUT2D eigenvalue weighted by Crippen LogP contribution is -2.30. The summed E-state index contributed by atoms with van der Waals surface area (Å²) in [6.45, 7) is 4.56. The second kappa shape index (κ2) is 11.3. The maximum Gasteiger partial charge on any atom is 0.126 e. The molecule has 174 valence electrons. The molecule has 2 saturated carbocycles. The first-order chi connectivity index (χ1) is 15.2. The van der Waals surface area contributed by atoms with Gasteiger partial charge in [-0.25, -0.2) is 4.39 Å². The fraction of sp³-hybridized carbons (Fsp3) is 0.800. The first kappa shape index (κ1) is 23.3. The molecule has 0 radical (unpaired) electrons. The average molecular weight is 427 g/mol. The van der Waals surface area contributed by atoms with Gasteiger partial charge in [-0.15, -0.1) is 0 Å². The van der Waals surface area contributed by atoms with Crippen LogP contribution >= 0.6 is 0 Å². The summed E-state index contributed by atoms with van der Waals surface area (Å²) in [6.07, 6.45) is 22.8. The van der Waals surface area contributed by atoms with Crippen LogP contribution < -0.4 is 0 Å². The van der Waals surface area contributed by atoms with E-state index < -0.39 is 0 Å². The lowest BCUT2D eigenvalue weighted by molar-refractivity contribution is 0.113. The van der Waals surface area contributed by atoms with Crippen LogP contribution in [0.25, 0.3) is 0 Å². The zero-order valence-corrected chi connectivity index (χ0v) is 20.4. The van der Waals surface area contributed by atoms with Gasteiger partial charge in [0.05, 0.1) is 0 Å². The molecule has 0 aromatic heterocycles. The number of fused-ring (bicyclic) bond motifs is 2. The maximum atomic E-state index is 15.1. The third kappa shape index (κ3) is 5.94. The third-order valence-corrected chi connectivity index (χ3v) is 9.23. The Labute approximate surface area is 191 Å². The smallest absolute Gasteiger partial charge is 0.126 e. The predicted octanol–water partition coefficient (Wildman–Crippen LogP) is 9.39. The van der Waals surface area contributed by atoms with Gasteiger partial charge in [-0.05, 0) is 104 Å². The molecule has 0 saturated heterocycles. The number of benzene rings is 1. The molecule has 31 heavy (non-hydrogen) atoms. The van der Waals surface area contributed by atoms with Crippen molar-refractivity contribution in [3.8, 4) is 0 Å². The number of hydrogen-bond donors (Lipinski definition) is 0. The summed E-state index contributed by atoms with van der Waals surface area (Å²) in [6, 6.07) is 4.37. The molecule has 0 spiro atoms. The molecule has 0 heterocycles. The largest absolute Gasteiger partial charge is 0.207 e. The highest BCUT2D eigenvalue weighted by atomic mass is 19.1. The van der Waals surface area contributed by atoms with Crippen LogP contribution in [-0.2, 0) is 12.8 Å². The van der Waals surface area contributed by atoms with Crippen LogP contribution in [0, 0.1) is 29.5 Å². The second-order valence-corrected chi connectivity index (χ2v) is 11.5. The topological polar surface area (TPSA) is 0 Å². The molecule has 0 nitrogen and oxygen atoms in total. The van der Waals surface area contributed by atoms with Gasteiger partial charge in [-0.3, -0.25) is 0 Å². The molecule has 0 amide bonds. The van der Waals surface area contributed by atoms with Crippen LogP contribution in [0.15, 0.2) is 12.1 Å². The van der Waals surface area contributed by atoms with E-state index in [1.54, 1.807) is 0 Å². The van der Waals surface area contributed by atoms with Crippen LogP contribution in [0.4, 0.5) is 4.39 Å². The van der Waals surface area contributed by atoms with Gasteiger partial charge in [-0.1, -0.05) is 77.7 Å². The van der Waals surface area contributed by atoms with Crippen molar-refractivity contribution in [1.29, 1.82) is 0 Å². The predicted molar refractivity (Wildman–Crippen MR) is 131 cm³/mol. The minimum Gasteiger partial charge on any atom is -0.207 e. The van der Waals surface area contributed by atoms with E-state index in [0.717, 1.165) is 36.2 Å². The molecule has 0 bridgehead atoms. The van der Waals surface area contributed by atoms with Crippen molar-refractivity contribution in [1.82, 2.24) is 0 Å². The number of hydrogen-bond acceptors (Lipinski definition) is 0. The molecule has 5 unspecified atom stereocenters. The summed E-state index contributed by atoms with van der Waals surface area (Å²) in [4.78, 5) is 0. The molecular formula is C30H47F. The third-order valence-electron chi connectivity index (χ3n) is 9.23. The second-order valence-electron chi connectivity index (χ2n) is 11.5. The van der Waals surface area contributed by atoms with Crippen molar-refractivity contribution in [2.45, 2.75) is 129 Å². The first-order valence-corrected chi connectivity index (χ1v) is 14.0. The molecule has 3 aliphatic rings. The summed E-state index contributed by atoms with van der Waals surface area (Å²) >= 11 is 0. The van der Waals surface area contributed by atoms with E-state index >= 15 is 4.39 Å². The van der Waals surface area contributed by atoms with E-state index in [-0.39, 0.29) is 5.82 Å². The van der Waals surface area contributed by atoms with E-state index in [0.29, 0.717) is 11.8 Å². The Balaban J connectivity index is 1.30. The Kier molecular flexibility index (Phi) is 8.52. The van der Waals surface area contributed by atoms with E-state index in [1.165, 1.54) is 107 Å². The van der Waals surface area contributed by atoms with Crippen LogP contribution in [0.1, 0.15) is 133 Å². The Morgan fingerprint density at radius 2 is 1.58 bits per heavy atom. The van der Waals surface area contributed by atoms with E-state index in [1.807, 2.05) is 6.07 Å². The zero-order valence-electron chi connectivity index (χ0n) is 20.4. The molecule has 1 aromatic carbocycles. The molecule has 3 aliphatic carbocycles. The quantitative estimate of drug-likeness (QED) is 0.345. The monoisotopic (exact) mass is 426 g/mol. The summed E-state index contributed by atoms with van der Waals surface area (Å²) in [5.74, 6) is 4.29.